The quantitative estimate of drug-likeness (QED) is 0.476. The maximum Gasteiger partial charge on any atom is 0.244 e. The van der Waals surface area contributed by atoms with Gasteiger partial charge < -0.3 is 19.7 Å². The Morgan fingerprint density at radius 1 is 1.03 bits per heavy atom. The number of benzene rings is 2. The van der Waals surface area contributed by atoms with Gasteiger partial charge in [-0.2, -0.15) is 0 Å². The van der Waals surface area contributed by atoms with Crippen LogP contribution in [0.4, 0.5) is 5.69 Å². The fourth-order valence-corrected chi connectivity index (χ4v) is 4.52. The summed E-state index contributed by atoms with van der Waals surface area (Å²) in [7, 11) is -0.983. The Balaban J connectivity index is 2.49. The van der Waals surface area contributed by atoms with E-state index in [1.165, 1.54) is 25.2 Å². The van der Waals surface area contributed by atoms with Crippen LogP contribution in [-0.4, -0.2) is 64.2 Å². The van der Waals surface area contributed by atoms with Gasteiger partial charge in [0.2, 0.25) is 21.8 Å². The van der Waals surface area contributed by atoms with E-state index in [9.17, 15) is 18.0 Å². The molecule has 2 aromatic rings. The molecule has 0 heterocycles. The molecule has 2 amide bonds. The second-order valence-corrected chi connectivity index (χ2v) is 10.3. The van der Waals surface area contributed by atoms with Gasteiger partial charge in [-0.3, -0.25) is 13.9 Å². The number of nitrogens with zero attached hydrogens (tertiary/aromatic N) is 2. The van der Waals surface area contributed by atoms with Gasteiger partial charge in [0.25, 0.3) is 0 Å². The summed E-state index contributed by atoms with van der Waals surface area (Å²) in [5.41, 5.74) is 1.02. The van der Waals surface area contributed by atoms with Crippen molar-refractivity contribution in [2.75, 3.05) is 31.3 Å². The van der Waals surface area contributed by atoms with Gasteiger partial charge in [0.05, 0.1) is 26.2 Å². The third-order valence-corrected chi connectivity index (χ3v) is 6.47. The van der Waals surface area contributed by atoms with Gasteiger partial charge in [0.1, 0.15) is 24.1 Å². The Bertz CT molecular complexity index is 1110. The van der Waals surface area contributed by atoms with E-state index in [4.69, 9.17) is 9.47 Å². The normalized spacial score (nSPS) is 12.1. The maximum absolute atomic E-state index is 13.7. The summed E-state index contributed by atoms with van der Waals surface area (Å²) < 4.78 is 37.1. The molecule has 0 saturated carbocycles. The topological polar surface area (TPSA) is 105 Å². The summed E-state index contributed by atoms with van der Waals surface area (Å²) in [6, 6.07) is 13.0. The fraction of sp³-hybridized carbons (Fsp3) is 0.440. The molecule has 0 radical (unpaired) electrons. The molecule has 0 bridgehead atoms. The molecular formula is C25H35N3O6S. The molecule has 1 unspecified atom stereocenters. The van der Waals surface area contributed by atoms with Crippen LogP contribution in [-0.2, 0) is 26.2 Å². The van der Waals surface area contributed by atoms with E-state index in [-0.39, 0.29) is 29.9 Å². The minimum atomic E-state index is -3.88. The zero-order chi connectivity index (χ0) is 26.2. The van der Waals surface area contributed by atoms with E-state index in [1.54, 1.807) is 12.1 Å². The highest BCUT2D eigenvalue weighted by atomic mass is 32.2. The molecule has 2 aromatic carbocycles. The minimum absolute atomic E-state index is 0.110. The fourth-order valence-electron chi connectivity index (χ4n) is 3.67. The van der Waals surface area contributed by atoms with Crippen LogP contribution < -0.4 is 19.1 Å². The lowest BCUT2D eigenvalue weighted by molar-refractivity contribution is -0.140. The number of ether oxygens (including phenoxy) is 2. The Kier molecular flexibility index (Phi) is 9.94. The number of methoxy groups -OCH3 is 2. The van der Waals surface area contributed by atoms with E-state index in [0.717, 1.165) is 16.1 Å². The molecule has 2 rings (SSSR count). The van der Waals surface area contributed by atoms with Crippen LogP contribution in [0.15, 0.2) is 48.5 Å². The monoisotopic (exact) mass is 505 g/mol. The smallest absolute Gasteiger partial charge is 0.244 e. The predicted octanol–water partition coefficient (Wildman–Crippen LogP) is 2.80. The average Bonchev–Trinajstić information content (AvgIpc) is 2.81. The number of rotatable bonds is 12. The van der Waals surface area contributed by atoms with Crippen LogP contribution in [0, 0.1) is 0 Å². The summed E-state index contributed by atoms with van der Waals surface area (Å²) in [5.74, 6) is -0.0862. The van der Waals surface area contributed by atoms with Gasteiger partial charge >= 0.3 is 0 Å². The first-order valence-electron chi connectivity index (χ1n) is 11.3. The molecule has 1 atom stereocenters. The minimum Gasteiger partial charge on any atom is -0.497 e. The van der Waals surface area contributed by atoms with Crippen molar-refractivity contribution in [2.45, 2.75) is 45.8 Å². The summed E-state index contributed by atoms with van der Waals surface area (Å²) in [5, 5.41) is 2.86. The lowest BCUT2D eigenvalue weighted by Gasteiger charge is -2.33. The summed E-state index contributed by atoms with van der Waals surface area (Å²) >= 11 is 0. The Morgan fingerprint density at radius 2 is 1.69 bits per heavy atom. The van der Waals surface area contributed by atoms with Crippen LogP contribution >= 0.6 is 0 Å². The second-order valence-electron chi connectivity index (χ2n) is 8.40. The lowest BCUT2D eigenvalue weighted by atomic mass is 10.1. The third-order valence-electron chi connectivity index (χ3n) is 5.35. The van der Waals surface area contributed by atoms with Crippen molar-refractivity contribution in [1.29, 1.82) is 0 Å². The number of amides is 2. The van der Waals surface area contributed by atoms with Crippen LogP contribution in [0.5, 0.6) is 11.5 Å². The van der Waals surface area contributed by atoms with Gasteiger partial charge in [0, 0.05) is 18.7 Å². The molecular weight excluding hydrogens is 470 g/mol. The van der Waals surface area contributed by atoms with Crippen molar-refractivity contribution >= 4 is 27.5 Å². The average molecular weight is 506 g/mol. The summed E-state index contributed by atoms with van der Waals surface area (Å²) in [6.45, 7) is 5.15. The zero-order valence-corrected chi connectivity index (χ0v) is 22.0. The van der Waals surface area contributed by atoms with E-state index < -0.39 is 28.5 Å². The molecule has 192 valence electrons. The number of hydrogen-bond donors (Lipinski definition) is 1. The number of nitrogens with one attached hydrogen (secondary N) is 1. The predicted molar refractivity (Wildman–Crippen MR) is 136 cm³/mol. The van der Waals surface area contributed by atoms with Crippen LogP contribution in [0.2, 0.25) is 0 Å². The van der Waals surface area contributed by atoms with Gasteiger partial charge in [-0.1, -0.05) is 37.3 Å². The largest absolute Gasteiger partial charge is 0.497 e. The van der Waals surface area contributed by atoms with Crippen molar-refractivity contribution in [3.8, 4) is 11.5 Å². The van der Waals surface area contributed by atoms with E-state index in [2.05, 4.69) is 5.32 Å². The molecule has 0 fully saturated rings. The van der Waals surface area contributed by atoms with Gasteiger partial charge in [-0.25, -0.2) is 8.42 Å². The lowest BCUT2D eigenvalue weighted by Crippen LogP contribution is -2.53. The SMILES string of the molecule is CCC(C(=O)NC(C)C)N(Cc1ccccc1)C(=O)CN(c1ccc(OC)cc1OC)S(C)(=O)=O. The van der Waals surface area contributed by atoms with Crippen LogP contribution in [0.3, 0.4) is 0 Å². The molecule has 1 N–H and O–H groups in total. The molecule has 0 aliphatic rings. The van der Waals surface area contributed by atoms with E-state index in [0.29, 0.717) is 12.2 Å². The molecule has 0 aromatic heterocycles. The first-order chi connectivity index (χ1) is 16.5. The highest BCUT2D eigenvalue weighted by Crippen LogP contribution is 2.33. The number of sulfonamides is 1. The van der Waals surface area contributed by atoms with Crippen LogP contribution in [0.1, 0.15) is 32.8 Å². The number of carbonyl (C=O) groups is 2. The van der Waals surface area contributed by atoms with Crippen molar-refractivity contribution in [3.63, 3.8) is 0 Å². The highest BCUT2D eigenvalue weighted by molar-refractivity contribution is 7.92. The number of carbonyl (C=O) groups excluding carboxylic acids is 2. The van der Waals surface area contributed by atoms with Gasteiger partial charge in [0.15, 0.2) is 0 Å². The summed E-state index contributed by atoms with van der Waals surface area (Å²) in [4.78, 5) is 28.1. The second kappa shape index (κ2) is 12.4. The highest BCUT2D eigenvalue weighted by Gasteiger charge is 2.32. The third kappa shape index (κ3) is 7.61. The zero-order valence-electron chi connectivity index (χ0n) is 21.1. The number of anilines is 1. The van der Waals surface area contributed by atoms with Crippen molar-refractivity contribution < 1.29 is 27.5 Å². The first-order valence-corrected chi connectivity index (χ1v) is 13.2. The number of hydrogen-bond acceptors (Lipinski definition) is 6. The van der Waals surface area contributed by atoms with Crippen molar-refractivity contribution in [2.24, 2.45) is 0 Å². The molecule has 0 saturated heterocycles. The Hall–Kier alpha value is -3.27. The maximum atomic E-state index is 13.7. The molecule has 9 nitrogen and oxygen atoms in total. The Morgan fingerprint density at radius 3 is 2.20 bits per heavy atom. The molecule has 35 heavy (non-hydrogen) atoms. The molecule has 0 spiro atoms. The Labute approximate surface area is 208 Å². The summed E-state index contributed by atoms with van der Waals surface area (Å²) in [6.07, 6.45) is 1.39. The van der Waals surface area contributed by atoms with E-state index in [1.807, 2.05) is 51.1 Å². The van der Waals surface area contributed by atoms with Crippen molar-refractivity contribution in [1.82, 2.24) is 10.2 Å². The standard InChI is InChI=1S/C25H35N3O6S/c1-7-21(25(30)26-18(2)3)27(16-19-11-9-8-10-12-19)24(29)17-28(35(6,31)32)22-14-13-20(33-4)15-23(22)34-5/h8-15,18,21H,7,16-17H2,1-6H3,(H,26,30). The van der Waals surface area contributed by atoms with Crippen LogP contribution in [0.25, 0.3) is 0 Å². The first kappa shape index (κ1) is 28.0. The molecule has 10 heteroatoms. The molecule has 0 aliphatic heterocycles. The van der Waals surface area contributed by atoms with E-state index >= 15 is 0 Å². The van der Waals surface area contributed by atoms with Gasteiger partial charge in [-0.15, -0.1) is 0 Å². The molecule has 0 aliphatic carbocycles. The van der Waals surface area contributed by atoms with Crippen molar-refractivity contribution in [3.05, 3.63) is 54.1 Å². The van der Waals surface area contributed by atoms with Gasteiger partial charge in [-0.05, 0) is 38.0 Å².